The largest absolute Gasteiger partial charge is 0.455 e. The van der Waals surface area contributed by atoms with E-state index < -0.39 is 0 Å². The van der Waals surface area contributed by atoms with E-state index in [0.29, 0.717) is 0 Å². The lowest BCUT2D eigenvalue weighted by Crippen LogP contribution is -2.17. The van der Waals surface area contributed by atoms with Crippen LogP contribution in [0.5, 0.6) is 0 Å². The standard InChI is InChI=1S/C11H13NO2S/c1-8(10-12-6-7-15-10)14-11(13)9-4-2-3-5-9/h2-3,6-9H,4-5H2,1H3. The van der Waals surface area contributed by atoms with Crippen molar-refractivity contribution in [3.05, 3.63) is 28.7 Å². The first-order chi connectivity index (χ1) is 7.27. The van der Waals surface area contributed by atoms with E-state index in [2.05, 4.69) is 4.98 Å². The van der Waals surface area contributed by atoms with Crippen molar-refractivity contribution in [1.29, 1.82) is 0 Å². The highest BCUT2D eigenvalue weighted by Crippen LogP contribution is 2.24. The first kappa shape index (κ1) is 10.4. The van der Waals surface area contributed by atoms with Gasteiger partial charge in [-0.2, -0.15) is 0 Å². The first-order valence-electron chi connectivity index (χ1n) is 5.02. The van der Waals surface area contributed by atoms with E-state index in [9.17, 15) is 4.79 Å². The Morgan fingerprint density at radius 1 is 1.60 bits per heavy atom. The van der Waals surface area contributed by atoms with Gasteiger partial charge in [0.1, 0.15) is 5.01 Å². The van der Waals surface area contributed by atoms with E-state index in [0.717, 1.165) is 17.8 Å². The number of hydrogen-bond donors (Lipinski definition) is 0. The quantitative estimate of drug-likeness (QED) is 0.584. The Bertz CT molecular complexity index is 351. The zero-order chi connectivity index (χ0) is 10.7. The number of carbonyl (C=O) groups excluding carboxylic acids is 1. The smallest absolute Gasteiger partial charge is 0.310 e. The highest BCUT2D eigenvalue weighted by Gasteiger charge is 2.23. The minimum atomic E-state index is -0.224. The van der Waals surface area contributed by atoms with E-state index in [1.165, 1.54) is 11.3 Å². The molecule has 0 aromatic carbocycles. The Hall–Kier alpha value is -1.16. The van der Waals surface area contributed by atoms with E-state index >= 15 is 0 Å². The number of thiazole rings is 1. The first-order valence-corrected chi connectivity index (χ1v) is 5.90. The predicted octanol–water partition coefficient (Wildman–Crippen LogP) is 2.71. The maximum atomic E-state index is 11.7. The molecule has 80 valence electrons. The van der Waals surface area contributed by atoms with Crippen molar-refractivity contribution in [1.82, 2.24) is 4.98 Å². The summed E-state index contributed by atoms with van der Waals surface area (Å²) in [7, 11) is 0. The average molecular weight is 223 g/mol. The Morgan fingerprint density at radius 3 is 2.93 bits per heavy atom. The molecular weight excluding hydrogens is 210 g/mol. The molecule has 0 fully saturated rings. The third-order valence-electron chi connectivity index (χ3n) is 2.43. The van der Waals surface area contributed by atoms with Crippen molar-refractivity contribution in [3.8, 4) is 0 Å². The monoisotopic (exact) mass is 223 g/mol. The minimum absolute atomic E-state index is 0.0208. The summed E-state index contributed by atoms with van der Waals surface area (Å²) in [5, 5.41) is 2.74. The van der Waals surface area contributed by atoms with Gasteiger partial charge in [0.05, 0.1) is 5.92 Å². The number of aromatic nitrogens is 1. The Balaban J connectivity index is 1.89. The van der Waals surface area contributed by atoms with Crippen LogP contribution < -0.4 is 0 Å². The molecule has 0 bridgehead atoms. The Morgan fingerprint density at radius 2 is 2.33 bits per heavy atom. The molecule has 1 aliphatic carbocycles. The molecule has 0 N–H and O–H groups in total. The van der Waals surface area contributed by atoms with Gasteiger partial charge in [0.15, 0.2) is 6.10 Å². The number of esters is 1. The van der Waals surface area contributed by atoms with Crippen LogP contribution in [0.4, 0.5) is 0 Å². The highest BCUT2D eigenvalue weighted by molar-refractivity contribution is 7.09. The number of hydrogen-bond acceptors (Lipinski definition) is 4. The fourth-order valence-corrected chi connectivity index (χ4v) is 2.19. The van der Waals surface area contributed by atoms with Gasteiger partial charge in [-0.1, -0.05) is 12.2 Å². The van der Waals surface area contributed by atoms with Crippen molar-refractivity contribution >= 4 is 17.3 Å². The summed E-state index contributed by atoms with van der Waals surface area (Å²) in [6.45, 7) is 1.86. The molecule has 0 saturated carbocycles. The topological polar surface area (TPSA) is 39.2 Å². The molecule has 1 atom stereocenters. The molecule has 0 aliphatic heterocycles. The van der Waals surface area contributed by atoms with Crippen molar-refractivity contribution < 1.29 is 9.53 Å². The van der Waals surface area contributed by atoms with Gasteiger partial charge in [-0.3, -0.25) is 4.79 Å². The van der Waals surface area contributed by atoms with Gasteiger partial charge in [0.2, 0.25) is 0 Å². The molecule has 0 amide bonds. The summed E-state index contributed by atoms with van der Waals surface area (Å²) in [4.78, 5) is 15.8. The summed E-state index contributed by atoms with van der Waals surface area (Å²) in [5.74, 6) is -0.0879. The van der Waals surface area contributed by atoms with Crippen LogP contribution >= 0.6 is 11.3 Å². The minimum Gasteiger partial charge on any atom is -0.455 e. The molecule has 0 radical (unpaired) electrons. The lowest BCUT2D eigenvalue weighted by molar-refractivity contribution is -0.153. The molecule has 3 nitrogen and oxygen atoms in total. The van der Waals surface area contributed by atoms with Crippen molar-refractivity contribution in [2.24, 2.45) is 5.92 Å². The van der Waals surface area contributed by atoms with E-state index in [4.69, 9.17) is 4.74 Å². The van der Waals surface area contributed by atoms with Crippen molar-refractivity contribution in [2.75, 3.05) is 0 Å². The zero-order valence-corrected chi connectivity index (χ0v) is 9.37. The summed E-state index contributed by atoms with van der Waals surface area (Å²) in [6, 6.07) is 0. The molecule has 1 aromatic heterocycles. The van der Waals surface area contributed by atoms with Gasteiger partial charge >= 0.3 is 5.97 Å². The van der Waals surface area contributed by atoms with Crippen molar-refractivity contribution in [2.45, 2.75) is 25.9 Å². The fourth-order valence-electron chi connectivity index (χ4n) is 1.57. The van der Waals surface area contributed by atoms with Gasteiger partial charge < -0.3 is 4.74 Å². The van der Waals surface area contributed by atoms with Gasteiger partial charge in [0, 0.05) is 11.6 Å². The van der Waals surface area contributed by atoms with Gasteiger partial charge in [0.25, 0.3) is 0 Å². The number of carbonyl (C=O) groups is 1. The lowest BCUT2D eigenvalue weighted by Gasteiger charge is -2.14. The molecule has 0 saturated heterocycles. The second-order valence-electron chi connectivity index (χ2n) is 3.59. The normalized spacial score (nSPS) is 17.9. The van der Waals surface area contributed by atoms with E-state index in [-0.39, 0.29) is 18.0 Å². The SMILES string of the molecule is CC(OC(=O)C1CC=CC1)c1nccs1. The lowest BCUT2D eigenvalue weighted by atomic mass is 10.1. The van der Waals surface area contributed by atoms with Crippen LogP contribution in [0.25, 0.3) is 0 Å². The molecule has 2 rings (SSSR count). The molecule has 0 spiro atoms. The van der Waals surface area contributed by atoms with Gasteiger partial charge in [-0.15, -0.1) is 11.3 Å². The second kappa shape index (κ2) is 4.57. The average Bonchev–Trinajstić information content (AvgIpc) is 2.91. The van der Waals surface area contributed by atoms with Crippen molar-refractivity contribution in [3.63, 3.8) is 0 Å². The van der Waals surface area contributed by atoms with Gasteiger partial charge in [-0.25, -0.2) is 4.98 Å². The van der Waals surface area contributed by atoms with Crippen LogP contribution in [0.2, 0.25) is 0 Å². The van der Waals surface area contributed by atoms with Crippen LogP contribution in [0.1, 0.15) is 30.9 Å². The molecule has 15 heavy (non-hydrogen) atoms. The molecule has 4 heteroatoms. The highest BCUT2D eigenvalue weighted by atomic mass is 32.1. The molecule has 1 heterocycles. The predicted molar refractivity (Wildman–Crippen MR) is 58.5 cm³/mol. The number of ether oxygens (including phenoxy) is 1. The van der Waals surface area contributed by atoms with E-state index in [1.807, 2.05) is 24.5 Å². The molecular formula is C11H13NO2S. The summed E-state index contributed by atoms with van der Waals surface area (Å²) >= 11 is 1.51. The maximum Gasteiger partial charge on any atom is 0.310 e. The Labute approximate surface area is 92.8 Å². The molecule has 1 unspecified atom stereocenters. The summed E-state index contributed by atoms with van der Waals surface area (Å²) < 4.78 is 5.35. The molecule has 1 aromatic rings. The van der Waals surface area contributed by atoms with Crippen LogP contribution in [-0.4, -0.2) is 11.0 Å². The van der Waals surface area contributed by atoms with Crippen LogP contribution in [-0.2, 0) is 9.53 Å². The maximum absolute atomic E-state index is 11.7. The third-order valence-corrected chi connectivity index (χ3v) is 3.37. The van der Waals surface area contributed by atoms with Crippen LogP contribution in [0.3, 0.4) is 0 Å². The van der Waals surface area contributed by atoms with Gasteiger partial charge in [-0.05, 0) is 19.8 Å². The fraction of sp³-hybridized carbons (Fsp3) is 0.455. The number of nitrogens with zero attached hydrogens (tertiary/aromatic N) is 1. The second-order valence-corrected chi connectivity index (χ2v) is 4.52. The zero-order valence-electron chi connectivity index (χ0n) is 8.55. The van der Waals surface area contributed by atoms with Crippen LogP contribution in [0, 0.1) is 5.92 Å². The van der Waals surface area contributed by atoms with Crippen LogP contribution in [0.15, 0.2) is 23.7 Å². The summed E-state index contributed by atoms with van der Waals surface area (Å²) in [5.41, 5.74) is 0. The Kier molecular flexibility index (Phi) is 3.16. The van der Waals surface area contributed by atoms with E-state index in [1.54, 1.807) is 6.20 Å². The third kappa shape index (κ3) is 2.45. The number of allylic oxidation sites excluding steroid dienone is 2. The molecule has 1 aliphatic rings. The summed E-state index contributed by atoms with van der Waals surface area (Å²) in [6.07, 6.45) is 7.17. The number of rotatable bonds is 3.